The normalized spacial score (nSPS) is 10.9. The molecule has 0 saturated heterocycles. The van der Waals surface area contributed by atoms with E-state index in [-0.39, 0.29) is 6.03 Å². The Bertz CT molecular complexity index is 1060. The van der Waals surface area contributed by atoms with Crippen LogP contribution >= 0.6 is 0 Å². The number of hydrogen-bond acceptors (Lipinski definition) is 7. The molecule has 2 amide bonds. The lowest BCUT2D eigenvalue weighted by Crippen LogP contribution is -2.32. The van der Waals surface area contributed by atoms with E-state index < -0.39 is 0 Å². The fourth-order valence-electron chi connectivity index (χ4n) is 3.30. The standard InChI is InChI=1S/C23H31N9O/c1-5-31(21-11-10-19(18(2)14-21)16-26-30(3)4)13-7-12-24-23(33)27-20-8-6-9-22(15-20)32-17-25-28-29-32/h6,8-11,14-17H,5,7,12-13H2,1-4H3,(H2,24,27,33). The monoisotopic (exact) mass is 449 g/mol. The summed E-state index contributed by atoms with van der Waals surface area (Å²) in [5.41, 5.74) is 4.89. The molecule has 0 radical (unpaired) electrons. The zero-order valence-corrected chi connectivity index (χ0v) is 19.6. The number of carbonyl (C=O) groups excluding carboxylic acids is 1. The summed E-state index contributed by atoms with van der Waals surface area (Å²) in [6.45, 7) is 6.53. The average Bonchev–Trinajstić information content (AvgIpc) is 3.33. The van der Waals surface area contributed by atoms with Gasteiger partial charge in [0.1, 0.15) is 6.33 Å². The van der Waals surface area contributed by atoms with Crippen molar-refractivity contribution in [2.75, 3.05) is 43.9 Å². The minimum atomic E-state index is -0.243. The van der Waals surface area contributed by atoms with Gasteiger partial charge in [-0.2, -0.15) is 5.10 Å². The molecular weight excluding hydrogens is 418 g/mol. The second-order valence-electron chi connectivity index (χ2n) is 7.75. The van der Waals surface area contributed by atoms with Crippen LogP contribution in [0, 0.1) is 6.92 Å². The number of aryl methyl sites for hydroxylation is 1. The molecule has 1 aromatic heterocycles. The van der Waals surface area contributed by atoms with Crippen molar-refractivity contribution in [1.82, 2.24) is 30.5 Å². The van der Waals surface area contributed by atoms with Gasteiger partial charge in [0.05, 0.1) is 11.9 Å². The number of rotatable bonds is 10. The molecule has 2 aromatic carbocycles. The Labute approximate surface area is 194 Å². The van der Waals surface area contributed by atoms with Crippen molar-refractivity contribution in [3.05, 3.63) is 59.9 Å². The third-order valence-corrected chi connectivity index (χ3v) is 5.04. The van der Waals surface area contributed by atoms with Crippen LogP contribution in [-0.2, 0) is 0 Å². The molecule has 3 rings (SSSR count). The summed E-state index contributed by atoms with van der Waals surface area (Å²) in [4.78, 5) is 14.6. The first kappa shape index (κ1) is 23.7. The van der Waals surface area contributed by atoms with E-state index in [0.29, 0.717) is 12.2 Å². The van der Waals surface area contributed by atoms with Gasteiger partial charge in [-0.05, 0) is 72.2 Å². The van der Waals surface area contributed by atoms with Gasteiger partial charge >= 0.3 is 6.03 Å². The molecule has 1 heterocycles. The molecule has 2 N–H and O–H groups in total. The number of carbonyl (C=O) groups is 1. The largest absolute Gasteiger partial charge is 0.372 e. The molecule has 0 atom stereocenters. The van der Waals surface area contributed by atoms with Crippen LogP contribution in [0.5, 0.6) is 0 Å². The van der Waals surface area contributed by atoms with E-state index in [9.17, 15) is 4.79 Å². The SMILES string of the molecule is CCN(CCCNC(=O)Nc1cccc(-n2cnnn2)c1)c1ccc(C=NN(C)C)c(C)c1. The summed E-state index contributed by atoms with van der Waals surface area (Å²) in [6, 6.07) is 13.5. The fraction of sp³-hybridized carbons (Fsp3) is 0.348. The van der Waals surface area contributed by atoms with Gasteiger partial charge in [0.25, 0.3) is 0 Å². The smallest absolute Gasteiger partial charge is 0.319 e. The van der Waals surface area contributed by atoms with Crippen LogP contribution in [0.2, 0.25) is 0 Å². The summed E-state index contributed by atoms with van der Waals surface area (Å²) in [6.07, 6.45) is 4.20. The molecule has 33 heavy (non-hydrogen) atoms. The van der Waals surface area contributed by atoms with Crippen molar-refractivity contribution in [1.29, 1.82) is 0 Å². The van der Waals surface area contributed by atoms with E-state index >= 15 is 0 Å². The highest BCUT2D eigenvalue weighted by molar-refractivity contribution is 5.89. The van der Waals surface area contributed by atoms with E-state index in [4.69, 9.17) is 0 Å². The number of tetrazole rings is 1. The molecule has 10 nitrogen and oxygen atoms in total. The number of benzene rings is 2. The maximum Gasteiger partial charge on any atom is 0.319 e. The van der Waals surface area contributed by atoms with E-state index in [1.165, 1.54) is 22.3 Å². The predicted molar refractivity (Wildman–Crippen MR) is 131 cm³/mol. The third kappa shape index (κ3) is 7.03. The molecule has 0 aliphatic heterocycles. The molecule has 0 fully saturated rings. The van der Waals surface area contributed by atoms with Crippen LogP contribution in [-0.4, -0.2) is 71.2 Å². The van der Waals surface area contributed by atoms with Gasteiger partial charge in [-0.25, -0.2) is 9.48 Å². The van der Waals surface area contributed by atoms with Crippen LogP contribution < -0.4 is 15.5 Å². The van der Waals surface area contributed by atoms with Crippen molar-refractivity contribution in [2.45, 2.75) is 20.3 Å². The van der Waals surface area contributed by atoms with Gasteiger partial charge in [0.2, 0.25) is 0 Å². The predicted octanol–water partition coefficient (Wildman–Crippen LogP) is 2.90. The molecule has 3 aromatic rings. The van der Waals surface area contributed by atoms with Crippen molar-refractivity contribution in [2.24, 2.45) is 5.10 Å². The van der Waals surface area contributed by atoms with E-state index in [1.54, 1.807) is 5.01 Å². The summed E-state index contributed by atoms with van der Waals surface area (Å²) < 4.78 is 1.53. The van der Waals surface area contributed by atoms with Gasteiger partial charge in [-0.1, -0.05) is 12.1 Å². The quantitative estimate of drug-likeness (QED) is 0.280. The molecule has 0 spiro atoms. The van der Waals surface area contributed by atoms with Gasteiger partial charge in [-0.3, -0.25) is 0 Å². The lowest BCUT2D eigenvalue weighted by atomic mass is 10.1. The summed E-state index contributed by atoms with van der Waals surface area (Å²) >= 11 is 0. The first-order chi connectivity index (χ1) is 16.0. The molecule has 10 heteroatoms. The Balaban J connectivity index is 1.47. The van der Waals surface area contributed by atoms with E-state index in [2.05, 4.69) is 68.2 Å². The zero-order chi connectivity index (χ0) is 23.6. The van der Waals surface area contributed by atoms with Crippen molar-refractivity contribution in [3.8, 4) is 5.69 Å². The molecule has 174 valence electrons. The number of anilines is 2. The van der Waals surface area contributed by atoms with E-state index in [0.717, 1.165) is 30.8 Å². The first-order valence-electron chi connectivity index (χ1n) is 10.9. The Morgan fingerprint density at radius 1 is 1.21 bits per heavy atom. The lowest BCUT2D eigenvalue weighted by molar-refractivity contribution is 0.252. The number of aromatic nitrogens is 4. The van der Waals surface area contributed by atoms with Crippen LogP contribution in [0.3, 0.4) is 0 Å². The second kappa shape index (κ2) is 11.6. The minimum absolute atomic E-state index is 0.243. The number of nitrogens with one attached hydrogen (secondary N) is 2. The Hall–Kier alpha value is -3.95. The highest BCUT2D eigenvalue weighted by Crippen LogP contribution is 2.19. The zero-order valence-electron chi connectivity index (χ0n) is 19.6. The highest BCUT2D eigenvalue weighted by Gasteiger charge is 2.08. The fourth-order valence-corrected chi connectivity index (χ4v) is 3.30. The highest BCUT2D eigenvalue weighted by atomic mass is 16.2. The number of urea groups is 1. The minimum Gasteiger partial charge on any atom is -0.372 e. The lowest BCUT2D eigenvalue weighted by Gasteiger charge is -2.24. The Morgan fingerprint density at radius 3 is 2.76 bits per heavy atom. The Morgan fingerprint density at radius 2 is 2.06 bits per heavy atom. The van der Waals surface area contributed by atoms with Crippen LogP contribution in [0.1, 0.15) is 24.5 Å². The summed E-state index contributed by atoms with van der Waals surface area (Å²) in [7, 11) is 3.81. The second-order valence-corrected chi connectivity index (χ2v) is 7.75. The molecular formula is C23H31N9O. The third-order valence-electron chi connectivity index (χ3n) is 5.04. The van der Waals surface area contributed by atoms with E-state index in [1.807, 2.05) is 44.6 Å². The molecule has 0 aliphatic rings. The van der Waals surface area contributed by atoms with Crippen molar-refractivity contribution >= 4 is 23.6 Å². The number of nitrogens with zero attached hydrogens (tertiary/aromatic N) is 7. The number of hydrazone groups is 1. The van der Waals surface area contributed by atoms with Gasteiger partial charge < -0.3 is 20.5 Å². The number of hydrogen-bond donors (Lipinski definition) is 2. The van der Waals surface area contributed by atoms with Crippen LogP contribution in [0.25, 0.3) is 5.69 Å². The first-order valence-corrected chi connectivity index (χ1v) is 10.9. The maximum absolute atomic E-state index is 12.3. The van der Waals surface area contributed by atoms with Crippen LogP contribution in [0.15, 0.2) is 53.9 Å². The Kier molecular flexibility index (Phi) is 8.34. The van der Waals surface area contributed by atoms with Gasteiger partial charge in [0.15, 0.2) is 0 Å². The summed E-state index contributed by atoms with van der Waals surface area (Å²) in [5.74, 6) is 0. The van der Waals surface area contributed by atoms with Crippen molar-refractivity contribution < 1.29 is 4.79 Å². The molecule has 0 aliphatic carbocycles. The van der Waals surface area contributed by atoms with Crippen LogP contribution in [0.4, 0.5) is 16.2 Å². The summed E-state index contributed by atoms with van der Waals surface area (Å²) in [5, 5.41) is 23.0. The topological polar surface area (TPSA) is 104 Å². The number of amides is 2. The molecule has 0 saturated carbocycles. The average molecular weight is 450 g/mol. The van der Waals surface area contributed by atoms with Gasteiger partial charge in [0, 0.05) is 45.1 Å². The molecule has 0 unspecified atom stereocenters. The van der Waals surface area contributed by atoms with Crippen molar-refractivity contribution in [3.63, 3.8) is 0 Å². The maximum atomic E-state index is 12.3. The van der Waals surface area contributed by atoms with Gasteiger partial charge in [-0.15, -0.1) is 5.10 Å². The molecule has 0 bridgehead atoms.